The van der Waals surface area contributed by atoms with Crippen molar-refractivity contribution < 1.29 is 9.59 Å². The van der Waals surface area contributed by atoms with E-state index in [-0.39, 0.29) is 17.7 Å². The van der Waals surface area contributed by atoms with Gasteiger partial charge in [0.1, 0.15) is 0 Å². The summed E-state index contributed by atoms with van der Waals surface area (Å²) in [4.78, 5) is 39.9. The second-order valence-corrected chi connectivity index (χ2v) is 7.25. The van der Waals surface area contributed by atoms with Crippen molar-refractivity contribution in [2.24, 2.45) is 5.92 Å². The fourth-order valence-corrected chi connectivity index (χ4v) is 4.02. The standard InChI is InChI=1S/C21H25N5O2/c1-2-16-6-3-4-7-18(16)26-15-17(14-19(26)27)20(28)24-10-12-25(13-11-24)21-22-8-5-9-23-21/h3-9,17H,2,10-15H2,1H3. The van der Waals surface area contributed by atoms with Crippen LogP contribution in [-0.2, 0) is 16.0 Å². The van der Waals surface area contributed by atoms with Crippen LogP contribution in [0.5, 0.6) is 0 Å². The number of aromatic nitrogens is 2. The van der Waals surface area contributed by atoms with Crippen molar-refractivity contribution in [2.75, 3.05) is 42.5 Å². The summed E-state index contributed by atoms with van der Waals surface area (Å²) in [6.45, 7) is 5.23. The van der Waals surface area contributed by atoms with E-state index in [0.29, 0.717) is 45.1 Å². The Balaban J connectivity index is 1.39. The van der Waals surface area contributed by atoms with Crippen molar-refractivity contribution in [3.63, 3.8) is 0 Å². The monoisotopic (exact) mass is 379 g/mol. The van der Waals surface area contributed by atoms with Crippen molar-refractivity contribution in [3.8, 4) is 0 Å². The number of benzene rings is 1. The number of carbonyl (C=O) groups is 2. The molecule has 1 aromatic carbocycles. The lowest BCUT2D eigenvalue weighted by molar-refractivity contribution is -0.136. The Kier molecular flexibility index (Phi) is 5.23. The van der Waals surface area contributed by atoms with Crippen molar-refractivity contribution in [1.29, 1.82) is 0 Å². The van der Waals surface area contributed by atoms with Crippen LogP contribution in [0, 0.1) is 5.92 Å². The van der Waals surface area contributed by atoms with E-state index in [1.165, 1.54) is 0 Å². The van der Waals surface area contributed by atoms with E-state index in [1.54, 1.807) is 23.4 Å². The Labute approximate surface area is 165 Å². The Morgan fingerprint density at radius 3 is 2.50 bits per heavy atom. The van der Waals surface area contributed by atoms with Crippen LogP contribution >= 0.6 is 0 Å². The van der Waals surface area contributed by atoms with Crippen LogP contribution in [-0.4, -0.2) is 59.4 Å². The first-order valence-corrected chi connectivity index (χ1v) is 9.86. The van der Waals surface area contributed by atoms with Gasteiger partial charge in [-0.3, -0.25) is 9.59 Å². The average Bonchev–Trinajstić information content (AvgIpc) is 3.15. The molecule has 2 aromatic rings. The second-order valence-electron chi connectivity index (χ2n) is 7.25. The van der Waals surface area contributed by atoms with Crippen LogP contribution in [0.4, 0.5) is 11.6 Å². The van der Waals surface area contributed by atoms with Crippen molar-refractivity contribution in [3.05, 3.63) is 48.3 Å². The van der Waals surface area contributed by atoms with Gasteiger partial charge in [-0.15, -0.1) is 0 Å². The predicted molar refractivity (Wildman–Crippen MR) is 107 cm³/mol. The minimum atomic E-state index is -0.267. The van der Waals surface area contributed by atoms with E-state index in [2.05, 4.69) is 21.8 Å². The molecular formula is C21H25N5O2. The van der Waals surface area contributed by atoms with Gasteiger partial charge in [0.15, 0.2) is 0 Å². The molecule has 0 saturated carbocycles. The molecular weight excluding hydrogens is 354 g/mol. The number of amides is 2. The molecule has 7 nitrogen and oxygen atoms in total. The fourth-order valence-electron chi connectivity index (χ4n) is 4.02. The highest BCUT2D eigenvalue weighted by Gasteiger charge is 2.38. The summed E-state index contributed by atoms with van der Waals surface area (Å²) in [5, 5.41) is 0. The number of hydrogen-bond donors (Lipinski definition) is 0. The van der Waals surface area contributed by atoms with Crippen molar-refractivity contribution >= 4 is 23.5 Å². The zero-order chi connectivity index (χ0) is 19.5. The van der Waals surface area contributed by atoms with Crippen LogP contribution in [0.3, 0.4) is 0 Å². The maximum atomic E-state index is 13.0. The molecule has 7 heteroatoms. The van der Waals surface area contributed by atoms with Crippen LogP contribution < -0.4 is 9.80 Å². The fraction of sp³-hybridized carbons (Fsp3) is 0.429. The Bertz CT molecular complexity index is 849. The third-order valence-corrected chi connectivity index (χ3v) is 5.56. The summed E-state index contributed by atoms with van der Waals surface area (Å²) in [7, 11) is 0. The van der Waals surface area contributed by atoms with Crippen LogP contribution in [0.1, 0.15) is 18.9 Å². The summed E-state index contributed by atoms with van der Waals surface area (Å²) >= 11 is 0. The first kappa shape index (κ1) is 18.4. The zero-order valence-electron chi connectivity index (χ0n) is 16.1. The minimum absolute atomic E-state index is 0.0376. The third-order valence-electron chi connectivity index (χ3n) is 5.56. The van der Waals surface area contributed by atoms with Gasteiger partial charge in [0.2, 0.25) is 17.8 Å². The average molecular weight is 379 g/mol. The van der Waals surface area contributed by atoms with Gasteiger partial charge in [0, 0.05) is 57.2 Å². The summed E-state index contributed by atoms with van der Waals surface area (Å²) in [6.07, 6.45) is 4.61. The van der Waals surface area contributed by atoms with E-state index in [0.717, 1.165) is 17.7 Å². The van der Waals surface area contributed by atoms with E-state index in [1.807, 2.05) is 29.2 Å². The molecule has 2 saturated heterocycles. The Morgan fingerprint density at radius 2 is 1.79 bits per heavy atom. The number of nitrogens with zero attached hydrogens (tertiary/aromatic N) is 5. The summed E-state index contributed by atoms with van der Waals surface area (Å²) < 4.78 is 0. The number of para-hydroxylation sites is 1. The smallest absolute Gasteiger partial charge is 0.228 e. The Hall–Kier alpha value is -2.96. The number of hydrogen-bond acceptors (Lipinski definition) is 5. The molecule has 0 bridgehead atoms. The molecule has 0 N–H and O–H groups in total. The summed E-state index contributed by atoms with van der Waals surface area (Å²) in [6, 6.07) is 9.75. The van der Waals surface area contributed by atoms with Crippen LogP contribution in [0.2, 0.25) is 0 Å². The van der Waals surface area contributed by atoms with E-state index >= 15 is 0 Å². The normalized spacial score (nSPS) is 20.0. The molecule has 0 radical (unpaired) electrons. The molecule has 2 fully saturated rings. The zero-order valence-corrected chi connectivity index (χ0v) is 16.1. The van der Waals surface area contributed by atoms with Gasteiger partial charge in [0.25, 0.3) is 0 Å². The first-order valence-electron chi connectivity index (χ1n) is 9.86. The van der Waals surface area contributed by atoms with Gasteiger partial charge in [-0.2, -0.15) is 0 Å². The quantitative estimate of drug-likeness (QED) is 0.809. The second kappa shape index (κ2) is 7.96. The molecule has 4 rings (SSSR count). The predicted octanol–water partition coefficient (Wildman–Crippen LogP) is 1.74. The van der Waals surface area contributed by atoms with Crippen LogP contribution in [0.15, 0.2) is 42.7 Å². The molecule has 146 valence electrons. The molecule has 1 unspecified atom stereocenters. The lowest BCUT2D eigenvalue weighted by Crippen LogP contribution is -2.51. The lowest BCUT2D eigenvalue weighted by atomic mass is 10.1. The van der Waals surface area contributed by atoms with Gasteiger partial charge >= 0.3 is 0 Å². The summed E-state index contributed by atoms with van der Waals surface area (Å²) in [5.41, 5.74) is 2.08. The lowest BCUT2D eigenvalue weighted by Gasteiger charge is -2.35. The molecule has 3 heterocycles. The molecule has 2 amide bonds. The van der Waals surface area contributed by atoms with E-state index in [4.69, 9.17) is 0 Å². The van der Waals surface area contributed by atoms with Gasteiger partial charge in [-0.05, 0) is 24.1 Å². The Morgan fingerprint density at radius 1 is 1.07 bits per heavy atom. The number of aryl methyl sites for hydroxylation is 1. The highest BCUT2D eigenvalue weighted by molar-refractivity contribution is 6.00. The van der Waals surface area contributed by atoms with Crippen LogP contribution in [0.25, 0.3) is 0 Å². The molecule has 2 aliphatic heterocycles. The maximum absolute atomic E-state index is 13.0. The first-order chi connectivity index (χ1) is 13.7. The molecule has 1 aromatic heterocycles. The SMILES string of the molecule is CCc1ccccc1N1CC(C(=O)N2CCN(c3ncccn3)CC2)CC1=O. The number of piperazine rings is 1. The molecule has 0 aliphatic carbocycles. The van der Waals surface area contributed by atoms with Gasteiger partial charge in [-0.1, -0.05) is 25.1 Å². The third kappa shape index (κ3) is 3.56. The number of carbonyl (C=O) groups excluding carboxylic acids is 2. The highest BCUT2D eigenvalue weighted by Crippen LogP contribution is 2.29. The van der Waals surface area contributed by atoms with Gasteiger partial charge in [-0.25, -0.2) is 9.97 Å². The maximum Gasteiger partial charge on any atom is 0.228 e. The highest BCUT2D eigenvalue weighted by atomic mass is 16.2. The van der Waals surface area contributed by atoms with Crippen molar-refractivity contribution in [2.45, 2.75) is 19.8 Å². The minimum Gasteiger partial charge on any atom is -0.339 e. The molecule has 28 heavy (non-hydrogen) atoms. The topological polar surface area (TPSA) is 69.6 Å². The van der Waals surface area contributed by atoms with E-state index in [9.17, 15) is 9.59 Å². The number of rotatable bonds is 4. The molecule has 1 atom stereocenters. The van der Waals surface area contributed by atoms with E-state index < -0.39 is 0 Å². The van der Waals surface area contributed by atoms with Gasteiger partial charge < -0.3 is 14.7 Å². The molecule has 0 spiro atoms. The summed E-state index contributed by atoms with van der Waals surface area (Å²) in [5.74, 6) is 0.555. The molecule has 2 aliphatic rings. The van der Waals surface area contributed by atoms with Crippen molar-refractivity contribution in [1.82, 2.24) is 14.9 Å². The largest absolute Gasteiger partial charge is 0.339 e. The van der Waals surface area contributed by atoms with Gasteiger partial charge in [0.05, 0.1) is 5.92 Å². The number of anilines is 2.